The lowest BCUT2D eigenvalue weighted by atomic mass is 10.1. The van der Waals surface area contributed by atoms with Crippen LogP contribution in [0.5, 0.6) is 0 Å². The number of aliphatic hydroxyl groups excluding tert-OH is 1. The van der Waals surface area contributed by atoms with Crippen molar-refractivity contribution in [2.45, 2.75) is 25.3 Å². The third-order valence-corrected chi connectivity index (χ3v) is 5.29. The number of halogens is 1. The first-order chi connectivity index (χ1) is 9.86. The topological polar surface area (TPSA) is 66.4 Å². The van der Waals surface area contributed by atoms with Gasteiger partial charge >= 0.3 is 0 Å². The first-order valence-corrected chi connectivity index (χ1v) is 8.20. The standard InChI is InChI=1S/C15H16ClNO3S/c1-10-12(9-18)5-3-8-15(10)21(19,20)17-14-7-4-6-13(16)11(14)2/h3-8,17-18H,9H2,1-2H3. The Morgan fingerprint density at radius 2 is 1.76 bits per heavy atom. The van der Waals surface area contributed by atoms with Gasteiger partial charge in [0.25, 0.3) is 10.0 Å². The summed E-state index contributed by atoms with van der Waals surface area (Å²) >= 11 is 6.00. The Bertz CT molecular complexity index is 772. The Kier molecular flexibility index (Phi) is 4.56. The molecule has 6 heteroatoms. The summed E-state index contributed by atoms with van der Waals surface area (Å²) in [4.78, 5) is 0.147. The van der Waals surface area contributed by atoms with Gasteiger partial charge < -0.3 is 5.11 Å². The zero-order valence-electron chi connectivity index (χ0n) is 11.7. The van der Waals surface area contributed by atoms with Crippen molar-refractivity contribution in [1.29, 1.82) is 0 Å². The van der Waals surface area contributed by atoms with Crippen molar-refractivity contribution in [2.75, 3.05) is 4.72 Å². The molecule has 0 radical (unpaired) electrons. The van der Waals surface area contributed by atoms with Crippen LogP contribution < -0.4 is 4.72 Å². The van der Waals surface area contributed by atoms with E-state index >= 15 is 0 Å². The number of sulfonamides is 1. The largest absolute Gasteiger partial charge is 0.392 e. The van der Waals surface area contributed by atoms with Crippen molar-refractivity contribution in [3.8, 4) is 0 Å². The quantitative estimate of drug-likeness (QED) is 0.906. The van der Waals surface area contributed by atoms with Gasteiger partial charge in [-0.15, -0.1) is 0 Å². The van der Waals surface area contributed by atoms with Gasteiger partial charge in [-0.1, -0.05) is 29.8 Å². The lowest BCUT2D eigenvalue weighted by Crippen LogP contribution is -2.15. The van der Waals surface area contributed by atoms with Crippen LogP contribution >= 0.6 is 11.6 Å². The average Bonchev–Trinajstić information content (AvgIpc) is 2.44. The maximum Gasteiger partial charge on any atom is 0.262 e. The Hall–Kier alpha value is -1.56. The molecule has 112 valence electrons. The number of aliphatic hydroxyl groups is 1. The monoisotopic (exact) mass is 325 g/mol. The molecule has 0 spiro atoms. The molecular weight excluding hydrogens is 310 g/mol. The van der Waals surface area contributed by atoms with Crippen LogP contribution in [0.25, 0.3) is 0 Å². The van der Waals surface area contributed by atoms with E-state index < -0.39 is 10.0 Å². The van der Waals surface area contributed by atoms with Crippen LogP contribution in [0.15, 0.2) is 41.3 Å². The molecule has 0 fully saturated rings. The maximum atomic E-state index is 12.5. The number of benzene rings is 2. The van der Waals surface area contributed by atoms with Crippen molar-refractivity contribution in [1.82, 2.24) is 0 Å². The van der Waals surface area contributed by atoms with Gasteiger partial charge in [0.05, 0.1) is 17.2 Å². The highest BCUT2D eigenvalue weighted by Crippen LogP contribution is 2.27. The van der Waals surface area contributed by atoms with E-state index in [0.717, 1.165) is 0 Å². The molecule has 0 amide bonds. The summed E-state index contributed by atoms with van der Waals surface area (Å²) in [5.41, 5.74) is 2.22. The molecule has 21 heavy (non-hydrogen) atoms. The molecule has 0 heterocycles. The molecule has 0 aliphatic carbocycles. The smallest absolute Gasteiger partial charge is 0.262 e. The number of nitrogens with one attached hydrogen (secondary N) is 1. The molecule has 2 aromatic carbocycles. The highest BCUT2D eigenvalue weighted by molar-refractivity contribution is 7.92. The first kappa shape index (κ1) is 15.8. The van der Waals surface area contributed by atoms with Crippen molar-refractivity contribution < 1.29 is 13.5 Å². The van der Waals surface area contributed by atoms with E-state index in [1.807, 2.05) is 0 Å². The molecule has 0 aromatic heterocycles. The van der Waals surface area contributed by atoms with Crippen LogP contribution in [0.2, 0.25) is 5.02 Å². The Labute approximate surface area is 129 Å². The molecular formula is C15H16ClNO3S. The average molecular weight is 326 g/mol. The highest BCUT2D eigenvalue weighted by atomic mass is 35.5. The molecule has 0 bridgehead atoms. The van der Waals surface area contributed by atoms with Crippen molar-refractivity contribution >= 4 is 27.3 Å². The zero-order valence-corrected chi connectivity index (χ0v) is 13.3. The van der Waals surface area contributed by atoms with Gasteiger partial charge in [-0.2, -0.15) is 0 Å². The molecule has 4 nitrogen and oxygen atoms in total. The molecule has 0 saturated heterocycles. The summed E-state index contributed by atoms with van der Waals surface area (Å²) in [5.74, 6) is 0. The van der Waals surface area contributed by atoms with Gasteiger partial charge in [-0.05, 0) is 48.7 Å². The second kappa shape index (κ2) is 6.05. The predicted molar refractivity (Wildman–Crippen MR) is 84.1 cm³/mol. The van der Waals surface area contributed by atoms with Crippen LogP contribution in [0, 0.1) is 13.8 Å². The second-order valence-electron chi connectivity index (χ2n) is 4.72. The molecule has 0 aliphatic heterocycles. The van der Waals surface area contributed by atoms with E-state index in [1.54, 1.807) is 44.2 Å². The Morgan fingerprint density at radius 1 is 1.10 bits per heavy atom. The fourth-order valence-electron chi connectivity index (χ4n) is 2.04. The van der Waals surface area contributed by atoms with Crippen molar-refractivity contribution in [3.05, 3.63) is 58.1 Å². The molecule has 2 aromatic rings. The minimum Gasteiger partial charge on any atom is -0.392 e. The lowest BCUT2D eigenvalue weighted by molar-refractivity contribution is 0.280. The molecule has 2 N–H and O–H groups in total. The van der Waals surface area contributed by atoms with Crippen LogP contribution in [0.4, 0.5) is 5.69 Å². The SMILES string of the molecule is Cc1c(Cl)cccc1NS(=O)(=O)c1cccc(CO)c1C. The second-order valence-corrected chi connectivity index (χ2v) is 6.77. The van der Waals surface area contributed by atoms with E-state index in [-0.39, 0.29) is 11.5 Å². The van der Waals surface area contributed by atoms with Gasteiger partial charge in [-0.3, -0.25) is 4.72 Å². The third kappa shape index (κ3) is 3.20. The minimum absolute atomic E-state index is 0.147. The molecule has 0 aliphatic rings. The van der Waals surface area contributed by atoms with Gasteiger partial charge in [0, 0.05) is 5.02 Å². The van der Waals surface area contributed by atoms with Gasteiger partial charge in [0.1, 0.15) is 0 Å². The van der Waals surface area contributed by atoms with Crippen LogP contribution in [0.1, 0.15) is 16.7 Å². The summed E-state index contributed by atoms with van der Waals surface area (Å²) in [6, 6.07) is 9.86. The van der Waals surface area contributed by atoms with E-state index in [0.29, 0.717) is 27.4 Å². The van der Waals surface area contributed by atoms with E-state index in [4.69, 9.17) is 11.6 Å². The summed E-state index contributed by atoms with van der Waals surface area (Å²) in [7, 11) is -3.74. The number of anilines is 1. The fourth-order valence-corrected chi connectivity index (χ4v) is 3.63. The van der Waals surface area contributed by atoms with E-state index in [2.05, 4.69) is 4.72 Å². The Balaban J connectivity index is 2.46. The van der Waals surface area contributed by atoms with Crippen LogP contribution in [-0.2, 0) is 16.6 Å². The van der Waals surface area contributed by atoms with Crippen molar-refractivity contribution in [2.24, 2.45) is 0 Å². The normalized spacial score (nSPS) is 11.4. The summed E-state index contributed by atoms with van der Waals surface area (Å²) in [5, 5.41) is 9.74. The molecule has 0 saturated carbocycles. The highest BCUT2D eigenvalue weighted by Gasteiger charge is 2.19. The summed E-state index contributed by atoms with van der Waals surface area (Å²) in [6.07, 6.45) is 0. The minimum atomic E-state index is -3.74. The lowest BCUT2D eigenvalue weighted by Gasteiger charge is -2.14. The van der Waals surface area contributed by atoms with Gasteiger partial charge in [-0.25, -0.2) is 8.42 Å². The molecule has 0 atom stereocenters. The van der Waals surface area contributed by atoms with Crippen LogP contribution in [-0.4, -0.2) is 13.5 Å². The third-order valence-electron chi connectivity index (χ3n) is 3.37. The van der Waals surface area contributed by atoms with Crippen molar-refractivity contribution in [3.63, 3.8) is 0 Å². The van der Waals surface area contributed by atoms with E-state index in [1.165, 1.54) is 6.07 Å². The van der Waals surface area contributed by atoms with Gasteiger partial charge in [0.2, 0.25) is 0 Å². The molecule has 2 rings (SSSR count). The van der Waals surface area contributed by atoms with E-state index in [9.17, 15) is 13.5 Å². The molecule has 0 unspecified atom stereocenters. The maximum absolute atomic E-state index is 12.5. The first-order valence-electron chi connectivity index (χ1n) is 6.34. The number of rotatable bonds is 4. The summed E-state index contributed by atoms with van der Waals surface area (Å²) < 4.78 is 27.6. The summed E-state index contributed by atoms with van der Waals surface area (Å²) in [6.45, 7) is 3.22. The zero-order chi connectivity index (χ0) is 15.6. The number of hydrogen-bond acceptors (Lipinski definition) is 3. The Morgan fingerprint density at radius 3 is 2.43 bits per heavy atom. The van der Waals surface area contributed by atoms with Gasteiger partial charge in [0.15, 0.2) is 0 Å². The predicted octanol–water partition coefficient (Wildman–Crippen LogP) is 3.25. The van der Waals surface area contributed by atoms with Crippen LogP contribution in [0.3, 0.4) is 0 Å². The fraction of sp³-hybridized carbons (Fsp3) is 0.200. The number of hydrogen-bond donors (Lipinski definition) is 2.